The molecule has 0 rings (SSSR count). The molecule has 0 aromatic heterocycles. The molecular formula is C4H10BrNaO3S. The van der Waals surface area contributed by atoms with E-state index in [0.717, 1.165) is 0 Å². The fourth-order valence-electron chi connectivity index (χ4n) is 0.303. The van der Waals surface area contributed by atoms with Gasteiger partial charge in [0.05, 0.1) is 5.25 Å². The molecule has 0 saturated heterocycles. The summed E-state index contributed by atoms with van der Waals surface area (Å²) in [5.74, 6) is 0. The minimum atomic E-state index is -3.79. The second-order valence-electron chi connectivity index (χ2n) is 1.80. The van der Waals surface area contributed by atoms with Crippen molar-refractivity contribution in [2.75, 3.05) is 5.33 Å². The van der Waals surface area contributed by atoms with E-state index in [0.29, 0.717) is 11.8 Å². The summed E-state index contributed by atoms with van der Waals surface area (Å²) in [6.07, 6.45) is 0.443. The van der Waals surface area contributed by atoms with E-state index in [-0.39, 0.29) is 29.6 Å². The van der Waals surface area contributed by atoms with Crippen LogP contribution in [0.1, 0.15) is 13.3 Å². The van der Waals surface area contributed by atoms with Crippen molar-refractivity contribution >= 4 is 55.6 Å². The van der Waals surface area contributed by atoms with Crippen molar-refractivity contribution in [1.82, 2.24) is 0 Å². The average Bonchev–Trinajstić information content (AvgIpc) is 1.64. The molecule has 0 radical (unpaired) electrons. The number of rotatable bonds is 3. The zero-order valence-electron chi connectivity index (χ0n) is 5.04. The molecule has 1 N–H and O–H groups in total. The molecule has 0 fully saturated rings. The Morgan fingerprint density at radius 3 is 2.10 bits per heavy atom. The maximum atomic E-state index is 10.3. The monoisotopic (exact) mass is 240 g/mol. The molecular weight excluding hydrogens is 231 g/mol. The molecule has 58 valence electrons. The molecule has 6 heteroatoms. The van der Waals surface area contributed by atoms with Crippen LogP contribution in [0.5, 0.6) is 0 Å². The van der Waals surface area contributed by atoms with Crippen molar-refractivity contribution in [2.24, 2.45) is 0 Å². The Hall–Kier alpha value is 1.39. The van der Waals surface area contributed by atoms with Crippen LogP contribution in [0.4, 0.5) is 0 Å². The Morgan fingerprint density at radius 1 is 1.60 bits per heavy atom. The third kappa shape index (κ3) is 6.12. The van der Waals surface area contributed by atoms with Crippen LogP contribution in [0.2, 0.25) is 0 Å². The van der Waals surface area contributed by atoms with Gasteiger partial charge < -0.3 is 0 Å². The third-order valence-corrected chi connectivity index (χ3v) is 2.73. The zero-order chi connectivity index (χ0) is 7.49. The van der Waals surface area contributed by atoms with Crippen molar-refractivity contribution in [1.29, 1.82) is 0 Å². The first-order valence-electron chi connectivity index (χ1n) is 2.50. The summed E-state index contributed by atoms with van der Waals surface area (Å²) >= 11 is 3.07. The first-order valence-corrected chi connectivity index (χ1v) is 5.13. The first-order chi connectivity index (χ1) is 3.98. The Morgan fingerprint density at radius 2 is 2.00 bits per heavy atom. The minimum absolute atomic E-state index is 0. The molecule has 0 bridgehead atoms. The van der Waals surface area contributed by atoms with E-state index in [9.17, 15) is 8.42 Å². The molecule has 0 aliphatic heterocycles. The Balaban J connectivity index is 0. The molecule has 0 aliphatic carbocycles. The topological polar surface area (TPSA) is 54.4 Å². The molecule has 0 saturated carbocycles. The molecule has 3 nitrogen and oxygen atoms in total. The SMILES string of the molecule is CC(CCBr)S(=O)(=O)O.[NaH]. The van der Waals surface area contributed by atoms with Crippen molar-refractivity contribution in [3.8, 4) is 0 Å². The second kappa shape index (κ2) is 5.97. The van der Waals surface area contributed by atoms with E-state index < -0.39 is 15.4 Å². The molecule has 1 atom stereocenters. The predicted octanol–water partition coefficient (Wildman–Crippen LogP) is 0.399. The van der Waals surface area contributed by atoms with Gasteiger partial charge in [0.1, 0.15) is 0 Å². The average molecular weight is 241 g/mol. The van der Waals surface area contributed by atoms with Crippen LogP contribution < -0.4 is 0 Å². The Bertz CT molecular complexity index is 167. The summed E-state index contributed by atoms with van der Waals surface area (Å²) in [7, 11) is -3.79. The number of hydrogen-bond acceptors (Lipinski definition) is 2. The Labute approximate surface area is 91.7 Å². The van der Waals surface area contributed by atoms with Gasteiger partial charge in [0.2, 0.25) is 0 Å². The number of halogens is 1. The summed E-state index contributed by atoms with van der Waals surface area (Å²) in [4.78, 5) is 0. The maximum absolute atomic E-state index is 10.3. The van der Waals surface area contributed by atoms with Gasteiger partial charge in [-0.25, -0.2) is 0 Å². The van der Waals surface area contributed by atoms with Gasteiger partial charge in [-0.3, -0.25) is 4.55 Å². The van der Waals surface area contributed by atoms with Crippen molar-refractivity contribution in [3.05, 3.63) is 0 Å². The molecule has 1 unspecified atom stereocenters. The van der Waals surface area contributed by atoms with Gasteiger partial charge in [0.25, 0.3) is 10.1 Å². The van der Waals surface area contributed by atoms with E-state index in [1.807, 2.05) is 0 Å². The molecule has 0 aromatic rings. The summed E-state index contributed by atoms with van der Waals surface area (Å²) in [6, 6.07) is 0. The molecule has 10 heavy (non-hydrogen) atoms. The Kier molecular flexibility index (Phi) is 8.32. The van der Waals surface area contributed by atoms with E-state index >= 15 is 0 Å². The van der Waals surface area contributed by atoms with E-state index in [4.69, 9.17) is 4.55 Å². The summed E-state index contributed by atoms with van der Waals surface area (Å²) < 4.78 is 28.9. The quantitative estimate of drug-likeness (QED) is 0.442. The van der Waals surface area contributed by atoms with E-state index in [1.54, 1.807) is 0 Å². The van der Waals surface area contributed by atoms with Crippen LogP contribution in [0.25, 0.3) is 0 Å². The van der Waals surface area contributed by atoms with Crippen molar-refractivity contribution in [2.45, 2.75) is 18.6 Å². The normalized spacial score (nSPS) is 13.9. The third-order valence-electron chi connectivity index (χ3n) is 1.02. The first kappa shape index (κ1) is 13.9. The van der Waals surface area contributed by atoms with E-state index in [1.165, 1.54) is 6.92 Å². The summed E-state index contributed by atoms with van der Waals surface area (Å²) in [5, 5.41) is -0.0644. The number of alkyl halides is 1. The van der Waals surface area contributed by atoms with Gasteiger partial charge in [-0.15, -0.1) is 0 Å². The van der Waals surface area contributed by atoms with Crippen LogP contribution in [0.15, 0.2) is 0 Å². The van der Waals surface area contributed by atoms with Gasteiger partial charge in [-0.2, -0.15) is 8.42 Å². The van der Waals surface area contributed by atoms with Crippen LogP contribution in [0.3, 0.4) is 0 Å². The molecule has 0 spiro atoms. The molecule has 0 heterocycles. The zero-order valence-corrected chi connectivity index (χ0v) is 7.44. The van der Waals surface area contributed by atoms with Gasteiger partial charge in [0.15, 0.2) is 0 Å². The van der Waals surface area contributed by atoms with Gasteiger partial charge in [-0.05, 0) is 13.3 Å². The molecule has 0 aromatic carbocycles. The summed E-state index contributed by atoms with van der Waals surface area (Å²) in [5.41, 5.74) is 0. The fraction of sp³-hybridized carbons (Fsp3) is 1.00. The van der Waals surface area contributed by atoms with Gasteiger partial charge in [0, 0.05) is 5.33 Å². The molecule has 0 amide bonds. The standard InChI is InChI=1S/C4H9BrO3S.Na.H/c1-4(2-3-5)9(6,7)8;;/h4H,2-3H2,1H3,(H,6,7,8);;. The predicted molar refractivity (Wildman–Crippen MR) is 46.6 cm³/mol. The van der Waals surface area contributed by atoms with E-state index in [2.05, 4.69) is 15.9 Å². The fourth-order valence-corrected chi connectivity index (χ4v) is 1.71. The van der Waals surface area contributed by atoms with Crippen molar-refractivity contribution < 1.29 is 13.0 Å². The van der Waals surface area contributed by atoms with Crippen LogP contribution in [-0.4, -0.2) is 53.1 Å². The van der Waals surface area contributed by atoms with Crippen LogP contribution >= 0.6 is 15.9 Å². The van der Waals surface area contributed by atoms with Crippen LogP contribution in [0, 0.1) is 0 Å². The number of hydrogen-bond donors (Lipinski definition) is 1. The van der Waals surface area contributed by atoms with Crippen LogP contribution in [-0.2, 0) is 10.1 Å². The summed E-state index contributed by atoms with van der Waals surface area (Å²) in [6.45, 7) is 1.47. The van der Waals surface area contributed by atoms with Gasteiger partial charge >= 0.3 is 29.6 Å². The molecule has 0 aliphatic rings. The van der Waals surface area contributed by atoms with Gasteiger partial charge in [-0.1, -0.05) is 15.9 Å². The van der Waals surface area contributed by atoms with Crippen molar-refractivity contribution in [3.63, 3.8) is 0 Å². The second-order valence-corrected chi connectivity index (χ2v) is 4.43.